The van der Waals surface area contributed by atoms with E-state index in [1.807, 2.05) is 0 Å². The molecule has 0 aliphatic heterocycles. The zero-order valence-corrected chi connectivity index (χ0v) is 12.9. The second kappa shape index (κ2) is 5.84. The Labute approximate surface area is 123 Å². The van der Waals surface area contributed by atoms with Crippen LogP contribution in [0.3, 0.4) is 0 Å². The molecule has 2 aromatic rings. The Kier molecular flexibility index (Phi) is 4.31. The molecule has 1 heterocycles. The van der Waals surface area contributed by atoms with E-state index in [1.54, 1.807) is 49.3 Å². The highest BCUT2D eigenvalue weighted by atomic mass is 32.2. The van der Waals surface area contributed by atoms with Crippen LogP contribution in [0.2, 0.25) is 0 Å². The highest BCUT2D eigenvalue weighted by Gasteiger charge is 2.22. The Balaban J connectivity index is 2.54. The standard InChI is InChI=1S/C13H18N4O3S/c1-17-13(11(20-2)8-15-17)12(16-14)9-5-4-6-10(7-9)21(3,18)19/h4-8,12,16H,14H2,1-3H3. The predicted molar refractivity (Wildman–Crippen MR) is 78.5 cm³/mol. The summed E-state index contributed by atoms with van der Waals surface area (Å²) in [5, 5.41) is 4.13. The average molecular weight is 310 g/mol. The first-order valence-corrected chi connectivity index (χ1v) is 8.09. The highest BCUT2D eigenvalue weighted by Crippen LogP contribution is 2.29. The number of sulfone groups is 1. The van der Waals surface area contributed by atoms with Crippen molar-refractivity contribution >= 4 is 9.84 Å². The molecule has 0 bridgehead atoms. The Morgan fingerprint density at radius 2 is 2.14 bits per heavy atom. The van der Waals surface area contributed by atoms with Gasteiger partial charge in [-0.25, -0.2) is 13.8 Å². The summed E-state index contributed by atoms with van der Waals surface area (Å²) in [6, 6.07) is 6.18. The van der Waals surface area contributed by atoms with Crippen molar-refractivity contribution in [2.45, 2.75) is 10.9 Å². The number of aromatic nitrogens is 2. The molecule has 0 saturated carbocycles. The molecule has 0 saturated heterocycles. The zero-order valence-electron chi connectivity index (χ0n) is 12.1. The number of aryl methyl sites for hydroxylation is 1. The SMILES string of the molecule is COc1cnn(C)c1C(NN)c1cccc(S(C)(=O)=O)c1. The maximum atomic E-state index is 11.7. The number of nitrogens with one attached hydrogen (secondary N) is 1. The lowest BCUT2D eigenvalue weighted by Gasteiger charge is -2.18. The van der Waals surface area contributed by atoms with Crippen LogP contribution < -0.4 is 16.0 Å². The number of nitrogens with two attached hydrogens (primary N) is 1. The largest absolute Gasteiger partial charge is 0.493 e. The van der Waals surface area contributed by atoms with Gasteiger partial charge >= 0.3 is 0 Å². The number of nitrogens with zero attached hydrogens (tertiary/aromatic N) is 2. The number of benzene rings is 1. The summed E-state index contributed by atoms with van der Waals surface area (Å²) in [7, 11) is 0.0252. The molecule has 3 N–H and O–H groups in total. The number of hydrogen-bond donors (Lipinski definition) is 2. The maximum absolute atomic E-state index is 11.7. The fourth-order valence-corrected chi connectivity index (χ4v) is 2.85. The summed E-state index contributed by atoms with van der Waals surface area (Å²) < 4.78 is 30.3. The van der Waals surface area contributed by atoms with E-state index in [9.17, 15) is 8.42 Å². The van der Waals surface area contributed by atoms with E-state index < -0.39 is 15.9 Å². The van der Waals surface area contributed by atoms with Crippen LogP contribution in [0.1, 0.15) is 17.3 Å². The van der Waals surface area contributed by atoms with E-state index in [4.69, 9.17) is 10.6 Å². The van der Waals surface area contributed by atoms with Gasteiger partial charge in [-0.1, -0.05) is 12.1 Å². The summed E-state index contributed by atoms with van der Waals surface area (Å²) in [5.74, 6) is 6.23. The third-order valence-corrected chi connectivity index (χ3v) is 4.34. The highest BCUT2D eigenvalue weighted by molar-refractivity contribution is 7.90. The Bertz CT molecular complexity index is 740. The van der Waals surface area contributed by atoms with Crippen molar-refractivity contribution < 1.29 is 13.2 Å². The van der Waals surface area contributed by atoms with E-state index in [0.29, 0.717) is 17.0 Å². The lowest BCUT2D eigenvalue weighted by atomic mass is 10.0. The molecule has 1 aromatic carbocycles. The summed E-state index contributed by atoms with van der Waals surface area (Å²) >= 11 is 0. The van der Waals surface area contributed by atoms with Gasteiger partial charge in [-0.15, -0.1) is 0 Å². The lowest BCUT2D eigenvalue weighted by Crippen LogP contribution is -2.30. The van der Waals surface area contributed by atoms with Gasteiger partial charge < -0.3 is 4.74 Å². The Hall–Kier alpha value is -1.90. The van der Waals surface area contributed by atoms with Crippen molar-refractivity contribution in [3.05, 3.63) is 41.7 Å². The van der Waals surface area contributed by atoms with Crippen LogP contribution in [0.15, 0.2) is 35.4 Å². The molecule has 1 aromatic heterocycles. The van der Waals surface area contributed by atoms with Crippen molar-refractivity contribution in [2.24, 2.45) is 12.9 Å². The van der Waals surface area contributed by atoms with Crippen molar-refractivity contribution in [2.75, 3.05) is 13.4 Å². The van der Waals surface area contributed by atoms with E-state index in [2.05, 4.69) is 10.5 Å². The molecule has 7 nitrogen and oxygen atoms in total. The van der Waals surface area contributed by atoms with Crippen LogP contribution in [0, 0.1) is 0 Å². The van der Waals surface area contributed by atoms with Crippen molar-refractivity contribution in [1.82, 2.24) is 15.2 Å². The molecule has 8 heteroatoms. The molecule has 0 amide bonds. The number of rotatable bonds is 5. The van der Waals surface area contributed by atoms with E-state index in [0.717, 1.165) is 0 Å². The lowest BCUT2D eigenvalue weighted by molar-refractivity contribution is 0.401. The molecule has 1 unspecified atom stereocenters. The maximum Gasteiger partial charge on any atom is 0.175 e. The van der Waals surface area contributed by atoms with Crippen molar-refractivity contribution in [3.8, 4) is 5.75 Å². The summed E-state index contributed by atoms with van der Waals surface area (Å²) in [6.07, 6.45) is 2.75. The second-order valence-corrected chi connectivity index (χ2v) is 6.68. The molecule has 21 heavy (non-hydrogen) atoms. The third-order valence-electron chi connectivity index (χ3n) is 3.23. The average Bonchev–Trinajstić information content (AvgIpc) is 2.81. The molecular weight excluding hydrogens is 292 g/mol. The van der Waals surface area contributed by atoms with E-state index in [-0.39, 0.29) is 4.90 Å². The van der Waals surface area contributed by atoms with Crippen molar-refractivity contribution in [3.63, 3.8) is 0 Å². The van der Waals surface area contributed by atoms with Crippen LogP contribution in [-0.4, -0.2) is 31.6 Å². The fourth-order valence-electron chi connectivity index (χ4n) is 2.17. The van der Waals surface area contributed by atoms with Gasteiger partial charge in [0.1, 0.15) is 5.69 Å². The number of ether oxygens (including phenoxy) is 1. The third kappa shape index (κ3) is 3.07. The quantitative estimate of drug-likeness (QED) is 0.612. The van der Waals surface area contributed by atoms with Gasteiger partial charge in [0.2, 0.25) is 0 Å². The topological polar surface area (TPSA) is 99.2 Å². The minimum absolute atomic E-state index is 0.237. The predicted octanol–water partition coefficient (Wildman–Crippen LogP) is 0.385. The Morgan fingerprint density at radius 1 is 1.43 bits per heavy atom. The summed E-state index contributed by atoms with van der Waals surface area (Å²) in [6.45, 7) is 0. The minimum Gasteiger partial charge on any atom is -0.493 e. The molecule has 1 atom stereocenters. The smallest absolute Gasteiger partial charge is 0.175 e. The van der Waals surface area contributed by atoms with Gasteiger partial charge in [0, 0.05) is 13.3 Å². The zero-order chi connectivity index (χ0) is 15.6. The van der Waals surface area contributed by atoms with Crippen LogP contribution in [-0.2, 0) is 16.9 Å². The van der Waals surface area contributed by atoms with Crippen LogP contribution in [0.5, 0.6) is 5.75 Å². The van der Waals surface area contributed by atoms with Gasteiger partial charge in [-0.05, 0) is 17.7 Å². The first kappa shape index (κ1) is 15.5. The molecule has 0 radical (unpaired) electrons. The number of methoxy groups -OCH3 is 1. The molecule has 0 aliphatic carbocycles. The normalized spacial score (nSPS) is 13.1. The van der Waals surface area contributed by atoms with Crippen LogP contribution in [0.25, 0.3) is 0 Å². The monoisotopic (exact) mass is 310 g/mol. The molecule has 0 spiro atoms. The summed E-state index contributed by atoms with van der Waals surface area (Å²) in [5.41, 5.74) is 4.10. The van der Waals surface area contributed by atoms with Gasteiger partial charge in [-0.2, -0.15) is 5.10 Å². The van der Waals surface area contributed by atoms with E-state index in [1.165, 1.54) is 6.26 Å². The fraction of sp³-hybridized carbons (Fsp3) is 0.308. The minimum atomic E-state index is -3.28. The van der Waals surface area contributed by atoms with Crippen LogP contribution >= 0.6 is 0 Å². The first-order chi connectivity index (χ1) is 9.88. The van der Waals surface area contributed by atoms with Gasteiger partial charge in [-0.3, -0.25) is 10.5 Å². The molecule has 0 fully saturated rings. The van der Waals surface area contributed by atoms with E-state index >= 15 is 0 Å². The molecule has 114 valence electrons. The van der Waals surface area contributed by atoms with Gasteiger partial charge in [0.05, 0.1) is 24.2 Å². The van der Waals surface area contributed by atoms with Crippen LogP contribution in [0.4, 0.5) is 0 Å². The van der Waals surface area contributed by atoms with Gasteiger partial charge in [0.15, 0.2) is 15.6 Å². The summed E-state index contributed by atoms with van der Waals surface area (Å²) in [4.78, 5) is 0.237. The van der Waals surface area contributed by atoms with Crippen molar-refractivity contribution in [1.29, 1.82) is 0 Å². The molecule has 0 aliphatic rings. The molecule has 2 rings (SSSR count). The number of hydrogen-bond acceptors (Lipinski definition) is 6. The second-order valence-electron chi connectivity index (χ2n) is 4.67. The number of hydrazine groups is 1. The first-order valence-electron chi connectivity index (χ1n) is 6.20. The molecular formula is C13H18N4O3S. The van der Waals surface area contributed by atoms with Gasteiger partial charge in [0.25, 0.3) is 0 Å². The Morgan fingerprint density at radius 3 is 2.71 bits per heavy atom.